The average Bonchev–Trinajstić information content (AvgIpc) is 3.98. The van der Waals surface area contributed by atoms with Crippen LogP contribution in [0, 0.1) is 0 Å². The molecule has 0 saturated carbocycles. The molecule has 0 saturated heterocycles. The van der Waals surface area contributed by atoms with Gasteiger partial charge in [0.15, 0.2) is 0 Å². The molecule has 7 heteroatoms. The normalized spacial score (nSPS) is 11.9. The van der Waals surface area contributed by atoms with Crippen molar-refractivity contribution in [3.8, 4) is 50.2 Å². The molecule has 10 radical (unpaired) electrons. The highest BCUT2D eigenvalue weighted by Gasteiger charge is 2.25. The lowest BCUT2D eigenvalue weighted by Gasteiger charge is -2.25. The van der Waals surface area contributed by atoms with Crippen molar-refractivity contribution in [3.05, 3.63) is 206 Å². The molecule has 0 N–H and O–H groups in total. The minimum Gasteiger partial charge on any atom is -0.455 e. The first-order chi connectivity index (χ1) is 34.9. The van der Waals surface area contributed by atoms with Crippen LogP contribution in [0.3, 0.4) is 0 Å². The second-order valence-corrected chi connectivity index (χ2v) is 18.5. The van der Waals surface area contributed by atoms with E-state index in [2.05, 4.69) is 199 Å². The average molecular weight is 887 g/mol. The van der Waals surface area contributed by atoms with Crippen molar-refractivity contribution in [2.45, 2.75) is 0 Å². The van der Waals surface area contributed by atoms with Crippen molar-refractivity contribution in [3.63, 3.8) is 0 Å². The number of rotatable bonds is 5. The molecule has 0 bridgehead atoms. The van der Waals surface area contributed by atoms with Crippen molar-refractivity contribution < 1.29 is 4.42 Å². The van der Waals surface area contributed by atoms with Crippen LogP contribution in [0.5, 0.6) is 0 Å². The van der Waals surface area contributed by atoms with Crippen LogP contribution in [-0.2, 0) is 0 Å². The molecule has 14 aromatic rings. The van der Waals surface area contributed by atoms with Gasteiger partial charge in [0.2, 0.25) is 0 Å². The van der Waals surface area contributed by atoms with Gasteiger partial charge >= 0.3 is 0 Å². The molecule has 12 aromatic carbocycles. The number of hydrogen-bond acceptors (Lipinski definition) is 1. The summed E-state index contributed by atoms with van der Waals surface area (Å²) in [4.78, 5) is 0. The smallest absolute Gasteiger partial charge is 0.143 e. The van der Waals surface area contributed by atoms with E-state index in [-0.39, 0.29) is 16.4 Å². The molecular formula is C64H34B5NO. The maximum Gasteiger partial charge on any atom is 0.143 e. The highest BCUT2D eigenvalue weighted by Crippen LogP contribution is 2.50. The highest BCUT2D eigenvalue weighted by atomic mass is 16.3. The fraction of sp³-hybridized carbons (Fsp3) is 0. The van der Waals surface area contributed by atoms with Crippen LogP contribution >= 0.6 is 0 Å². The van der Waals surface area contributed by atoms with Gasteiger partial charge in [-0.15, -0.1) is 16.4 Å². The van der Waals surface area contributed by atoms with Crippen molar-refractivity contribution in [1.82, 2.24) is 4.57 Å². The van der Waals surface area contributed by atoms with Crippen LogP contribution in [0.4, 0.5) is 0 Å². The predicted octanol–water partition coefficient (Wildman–Crippen LogP) is 11.9. The molecule has 0 atom stereocenters. The third kappa shape index (κ3) is 5.96. The summed E-state index contributed by atoms with van der Waals surface area (Å²) in [6.07, 6.45) is 0. The van der Waals surface area contributed by atoms with Crippen molar-refractivity contribution in [2.24, 2.45) is 0 Å². The summed E-state index contributed by atoms with van der Waals surface area (Å²) in [6, 6.07) is 73.6. The standard InChI is InChI=1S/C64H34B5NO/c65-59-58(60(66)62(68)63(69)61(59)67)57-45-23-7-5-21-43(45)55(44-22-6-8-24-46(44)57)48-26-13-27-49-56-47(25-14-30-52(56)71-64(48)49)54-41-19-3-1-17-39(41)53(40-18-2-4-20-42(40)54)35-31-33-36(34-32-35)70-50-28-11-9-15-37(50)38-16-10-12-29-51(38)70/h1-34H. The Labute approximate surface area is 416 Å². The summed E-state index contributed by atoms with van der Waals surface area (Å²) in [5.74, 6) is 0. The Morgan fingerprint density at radius 3 is 1.17 bits per heavy atom. The van der Waals surface area contributed by atoms with Gasteiger partial charge in [-0.2, -0.15) is 0 Å². The first-order valence-electron chi connectivity index (χ1n) is 23.8. The third-order valence-corrected chi connectivity index (χ3v) is 14.9. The Bertz CT molecular complexity index is 4390. The number of hydrogen-bond donors (Lipinski definition) is 0. The maximum atomic E-state index is 7.12. The Morgan fingerprint density at radius 2 is 0.662 bits per heavy atom. The molecule has 0 aliphatic carbocycles. The zero-order valence-corrected chi connectivity index (χ0v) is 38.4. The van der Waals surface area contributed by atoms with E-state index < -0.39 is 0 Å². The van der Waals surface area contributed by atoms with Gasteiger partial charge in [-0.1, -0.05) is 187 Å². The fourth-order valence-corrected chi connectivity index (χ4v) is 11.8. The van der Waals surface area contributed by atoms with Gasteiger partial charge < -0.3 is 8.98 Å². The molecule has 0 amide bonds. The van der Waals surface area contributed by atoms with Crippen LogP contribution in [0.1, 0.15) is 0 Å². The molecule has 0 unspecified atom stereocenters. The Kier molecular flexibility index (Phi) is 9.26. The first-order valence-corrected chi connectivity index (χ1v) is 23.8. The van der Waals surface area contributed by atoms with Gasteiger partial charge in [-0.25, -0.2) is 0 Å². The molecule has 0 aliphatic rings. The van der Waals surface area contributed by atoms with Crippen LogP contribution in [-0.4, -0.2) is 43.8 Å². The fourth-order valence-electron chi connectivity index (χ4n) is 11.8. The molecule has 316 valence electrons. The lowest BCUT2D eigenvalue weighted by molar-refractivity contribution is 0.670. The van der Waals surface area contributed by atoms with Gasteiger partial charge in [-0.3, -0.25) is 0 Å². The van der Waals surface area contributed by atoms with E-state index in [1.807, 2.05) is 12.1 Å². The molecule has 2 heterocycles. The number of fused-ring (bicyclic) bond motifs is 10. The van der Waals surface area contributed by atoms with E-state index in [0.29, 0.717) is 16.5 Å². The van der Waals surface area contributed by atoms with Gasteiger partial charge in [0.1, 0.15) is 50.4 Å². The molecule has 0 fully saturated rings. The summed E-state index contributed by atoms with van der Waals surface area (Å²) in [5, 5.41) is 13.1. The maximum absolute atomic E-state index is 7.12. The van der Waals surface area contributed by atoms with E-state index in [0.717, 1.165) is 82.6 Å². The van der Waals surface area contributed by atoms with Crippen LogP contribution < -0.4 is 27.3 Å². The van der Waals surface area contributed by atoms with E-state index in [1.54, 1.807) is 0 Å². The summed E-state index contributed by atoms with van der Waals surface area (Å²) >= 11 is 0. The predicted molar refractivity (Wildman–Crippen MR) is 307 cm³/mol. The second kappa shape index (κ2) is 15.8. The number of furan rings is 1. The van der Waals surface area contributed by atoms with Crippen molar-refractivity contribution >= 4 is 153 Å². The monoisotopic (exact) mass is 887 g/mol. The van der Waals surface area contributed by atoms with Gasteiger partial charge in [0.05, 0.1) is 11.0 Å². The Balaban J connectivity index is 0.987. The summed E-state index contributed by atoms with van der Waals surface area (Å²) < 4.78 is 9.49. The topological polar surface area (TPSA) is 18.1 Å². The van der Waals surface area contributed by atoms with E-state index >= 15 is 0 Å². The largest absolute Gasteiger partial charge is 0.455 e. The van der Waals surface area contributed by atoms with Gasteiger partial charge in [0.25, 0.3) is 0 Å². The minimum atomic E-state index is 0.184. The number of benzene rings is 12. The number of nitrogens with zero attached hydrogens (tertiary/aromatic N) is 1. The van der Waals surface area contributed by atoms with Crippen LogP contribution in [0.2, 0.25) is 0 Å². The molecule has 0 spiro atoms. The zero-order chi connectivity index (χ0) is 47.6. The Morgan fingerprint density at radius 1 is 0.282 bits per heavy atom. The third-order valence-electron chi connectivity index (χ3n) is 14.9. The lowest BCUT2D eigenvalue weighted by Crippen LogP contribution is -2.55. The first kappa shape index (κ1) is 41.6. The van der Waals surface area contributed by atoms with E-state index in [9.17, 15) is 0 Å². The minimum absolute atomic E-state index is 0.184. The summed E-state index contributed by atoms with van der Waals surface area (Å²) in [7, 11) is 32.9. The molecule has 71 heavy (non-hydrogen) atoms. The number of aromatic nitrogens is 1. The van der Waals surface area contributed by atoms with Gasteiger partial charge in [0, 0.05) is 38.4 Å². The summed E-state index contributed by atoms with van der Waals surface area (Å²) in [6.45, 7) is 0. The van der Waals surface area contributed by atoms with E-state index in [4.69, 9.17) is 43.6 Å². The zero-order valence-electron chi connectivity index (χ0n) is 38.4. The molecule has 2 aromatic heterocycles. The quantitative estimate of drug-likeness (QED) is 0.124. The SMILES string of the molecule is [B]c1c([B])c([B])c(-c2c3ccccc3c(-c3cccc4c3oc3cccc(-c5c6ccccc6c(-c6ccc(-n7c8ccccc8c8ccccc87)cc6)c6ccccc56)c34)c3ccccc23)c([B])c1[B]. The Hall–Kier alpha value is -8.40. The summed E-state index contributed by atoms with van der Waals surface area (Å²) in [5.41, 5.74) is 14.4. The number of para-hydroxylation sites is 3. The van der Waals surface area contributed by atoms with Crippen molar-refractivity contribution in [1.29, 1.82) is 0 Å². The molecular weight excluding hydrogens is 853 g/mol. The molecule has 0 aliphatic heterocycles. The van der Waals surface area contributed by atoms with Gasteiger partial charge in [-0.05, 0) is 107 Å². The van der Waals surface area contributed by atoms with Crippen molar-refractivity contribution in [2.75, 3.05) is 0 Å². The lowest BCUT2D eigenvalue weighted by atomic mass is 9.59. The van der Waals surface area contributed by atoms with E-state index in [1.165, 1.54) is 48.9 Å². The molecule has 2 nitrogen and oxygen atoms in total. The molecule has 14 rings (SSSR count). The second-order valence-electron chi connectivity index (χ2n) is 18.5. The highest BCUT2D eigenvalue weighted by molar-refractivity contribution is 6.69. The van der Waals surface area contributed by atoms with Crippen LogP contribution in [0.15, 0.2) is 211 Å². The van der Waals surface area contributed by atoms with Crippen LogP contribution in [0.25, 0.3) is 137 Å².